The van der Waals surface area contributed by atoms with Gasteiger partial charge in [0.1, 0.15) is 11.6 Å². The maximum Gasteiger partial charge on any atom is 0.266 e. The SMILES string of the molecule is N#C/C(=C\c1cn[nH]c1-c1ccc2c(c1)OCO2)C(=O)Nc1cc(Cl)ccc1Cl. The number of nitrogens with one attached hydrogen (secondary N) is 2. The van der Waals surface area contributed by atoms with Crippen LogP contribution >= 0.6 is 23.2 Å². The number of benzene rings is 2. The first-order valence-corrected chi connectivity index (χ1v) is 9.12. The molecule has 0 spiro atoms. The zero-order valence-corrected chi connectivity index (χ0v) is 16.2. The van der Waals surface area contributed by atoms with Crippen molar-refractivity contribution in [2.45, 2.75) is 0 Å². The van der Waals surface area contributed by atoms with Gasteiger partial charge in [0.15, 0.2) is 11.5 Å². The molecule has 0 radical (unpaired) electrons. The van der Waals surface area contributed by atoms with Gasteiger partial charge in [-0.3, -0.25) is 9.89 Å². The van der Waals surface area contributed by atoms with Crippen LogP contribution < -0.4 is 14.8 Å². The molecular formula is C20H12Cl2N4O3. The molecule has 2 N–H and O–H groups in total. The summed E-state index contributed by atoms with van der Waals surface area (Å²) in [4.78, 5) is 12.6. The number of rotatable bonds is 4. The third-order valence-corrected chi connectivity index (χ3v) is 4.74. The van der Waals surface area contributed by atoms with Crippen molar-refractivity contribution < 1.29 is 14.3 Å². The second-order valence-corrected chi connectivity index (χ2v) is 6.86. The number of nitriles is 1. The standard InChI is InChI=1S/C20H12Cl2N4O3/c21-14-2-3-15(22)16(7-14)25-20(27)12(8-23)5-13-9-24-26-19(13)11-1-4-17-18(6-11)29-10-28-17/h1-7,9H,10H2,(H,24,26)(H,25,27)/b12-5+. The molecule has 1 aromatic heterocycles. The van der Waals surface area contributed by atoms with Crippen molar-refractivity contribution in [3.05, 3.63) is 63.8 Å². The second-order valence-electron chi connectivity index (χ2n) is 6.02. The minimum absolute atomic E-state index is 0.121. The quantitative estimate of drug-likeness (QED) is 0.466. The summed E-state index contributed by atoms with van der Waals surface area (Å²) in [5, 5.41) is 19.7. The molecule has 0 aliphatic carbocycles. The van der Waals surface area contributed by atoms with Crippen LogP contribution in [0.4, 0.5) is 5.69 Å². The Morgan fingerprint density at radius 2 is 2.03 bits per heavy atom. The molecule has 3 aromatic rings. The molecule has 144 valence electrons. The maximum absolute atomic E-state index is 12.6. The van der Waals surface area contributed by atoms with Gasteiger partial charge in [-0.25, -0.2) is 0 Å². The van der Waals surface area contributed by atoms with Crippen molar-refractivity contribution >= 4 is 40.9 Å². The van der Waals surface area contributed by atoms with Crippen molar-refractivity contribution in [1.29, 1.82) is 5.26 Å². The Bertz CT molecular complexity index is 1180. The number of aromatic nitrogens is 2. The van der Waals surface area contributed by atoms with Crippen molar-refractivity contribution in [3.8, 4) is 28.8 Å². The lowest BCUT2D eigenvalue weighted by Gasteiger charge is -2.07. The van der Waals surface area contributed by atoms with Crippen LogP contribution in [0, 0.1) is 11.3 Å². The van der Waals surface area contributed by atoms with Crippen LogP contribution in [-0.4, -0.2) is 22.9 Å². The molecule has 1 amide bonds. The molecule has 29 heavy (non-hydrogen) atoms. The third kappa shape index (κ3) is 3.90. The summed E-state index contributed by atoms with van der Waals surface area (Å²) in [7, 11) is 0. The summed E-state index contributed by atoms with van der Waals surface area (Å²) in [6.07, 6.45) is 2.97. The van der Waals surface area contributed by atoms with Crippen LogP contribution in [0.3, 0.4) is 0 Å². The number of nitrogens with zero attached hydrogens (tertiary/aromatic N) is 2. The Kier molecular flexibility index (Phi) is 5.12. The number of fused-ring (bicyclic) bond motifs is 1. The first-order chi connectivity index (χ1) is 14.0. The summed E-state index contributed by atoms with van der Waals surface area (Å²) in [6.45, 7) is 0.166. The molecule has 0 bridgehead atoms. The van der Waals surface area contributed by atoms with Gasteiger partial charge in [-0.2, -0.15) is 10.4 Å². The number of ether oxygens (including phenoxy) is 2. The molecule has 1 aliphatic heterocycles. The fourth-order valence-corrected chi connectivity index (χ4v) is 3.11. The molecular weight excluding hydrogens is 415 g/mol. The van der Waals surface area contributed by atoms with E-state index in [0.29, 0.717) is 38.5 Å². The molecule has 0 unspecified atom stereocenters. The Labute approximate surface area is 175 Å². The summed E-state index contributed by atoms with van der Waals surface area (Å²) >= 11 is 12.0. The van der Waals surface area contributed by atoms with Gasteiger partial charge in [0.2, 0.25) is 6.79 Å². The Hall–Kier alpha value is -3.47. The minimum Gasteiger partial charge on any atom is -0.454 e. The van der Waals surface area contributed by atoms with Crippen molar-refractivity contribution in [2.75, 3.05) is 12.1 Å². The fourth-order valence-electron chi connectivity index (χ4n) is 2.78. The van der Waals surface area contributed by atoms with E-state index in [2.05, 4.69) is 15.5 Å². The van der Waals surface area contributed by atoms with Gasteiger partial charge in [0.05, 0.1) is 22.6 Å². The monoisotopic (exact) mass is 426 g/mol. The normalized spacial score (nSPS) is 12.5. The zero-order chi connectivity index (χ0) is 20.4. The van der Waals surface area contributed by atoms with Gasteiger partial charge in [0.25, 0.3) is 5.91 Å². The predicted octanol–water partition coefficient (Wildman–Crippen LogP) is 4.66. The van der Waals surface area contributed by atoms with Crippen LogP contribution in [-0.2, 0) is 4.79 Å². The van der Waals surface area contributed by atoms with E-state index in [1.54, 1.807) is 24.3 Å². The molecule has 7 nitrogen and oxygen atoms in total. The lowest BCUT2D eigenvalue weighted by molar-refractivity contribution is -0.112. The number of H-pyrrole nitrogens is 1. The van der Waals surface area contributed by atoms with E-state index in [1.807, 2.05) is 12.1 Å². The first-order valence-electron chi connectivity index (χ1n) is 8.37. The molecule has 0 saturated heterocycles. The summed E-state index contributed by atoms with van der Waals surface area (Å²) in [6, 6.07) is 12.0. The van der Waals surface area contributed by atoms with Gasteiger partial charge in [0, 0.05) is 16.1 Å². The highest BCUT2D eigenvalue weighted by atomic mass is 35.5. The highest BCUT2D eigenvalue weighted by Crippen LogP contribution is 2.36. The van der Waals surface area contributed by atoms with E-state index in [-0.39, 0.29) is 12.4 Å². The summed E-state index contributed by atoms with van der Waals surface area (Å²) in [5.74, 6) is 0.649. The lowest BCUT2D eigenvalue weighted by Crippen LogP contribution is -2.13. The minimum atomic E-state index is -0.616. The number of amides is 1. The largest absolute Gasteiger partial charge is 0.454 e. The number of aromatic amines is 1. The Morgan fingerprint density at radius 3 is 2.86 bits per heavy atom. The number of hydrogen-bond acceptors (Lipinski definition) is 5. The average Bonchev–Trinajstić information content (AvgIpc) is 3.37. The maximum atomic E-state index is 12.6. The van der Waals surface area contributed by atoms with Gasteiger partial charge in [-0.15, -0.1) is 0 Å². The van der Waals surface area contributed by atoms with Crippen molar-refractivity contribution in [2.24, 2.45) is 0 Å². The predicted molar refractivity (Wildman–Crippen MR) is 109 cm³/mol. The van der Waals surface area contributed by atoms with Crippen LogP contribution in [0.15, 0.2) is 48.2 Å². The van der Waals surface area contributed by atoms with E-state index in [4.69, 9.17) is 32.7 Å². The fraction of sp³-hybridized carbons (Fsp3) is 0.0500. The van der Waals surface area contributed by atoms with Crippen LogP contribution in [0.5, 0.6) is 11.5 Å². The van der Waals surface area contributed by atoms with Crippen LogP contribution in [0.2, 0.25) is 10.0 Å². The van der Waals surface area contributed by atoms with Gasteiger partial charge in [-0.05, 0) is 42.5 Å². The van der Waals surface area contributed by atoms with E-state index in [1.165, 1.54) is 18.3 Å². The second kappa shape index (κ2) is 7.87. The van der Waals surface area contributed by atoms with E-state index < -0.39 is 5.91 Å². The average molecular weight is 427 g/mol. The topological polar surface area (TPSA) is 100 Å². The van der Waals surface area contributed by atoms with Crippen molar-refractivity contribution in [1.82, 2.24) is 10.2 Å². The smallest absolute Gasteiger partial charge is 0.266 e. The third-order valence-electron chi connectivity index (χ3n) is 4.17. The molecule has 0 atom stereocenters. The highest BCUT2D eigenvalue weighted by molar-refractivity contribution is 6.36. The van der Waals surface area contributed by atoms with E-state index in [0.717, 1.165) is 5.56 Å². The number of hydrogen-bond donors (Lipinski definition) is 2. The molecule has 2 aromatic carbocycles. The zero-order valence-electron chi connectivity index (χ0n) is 14.7. The van der Waals surface area contributed by atoms with E-state index in [9.17, 15) is 10.1 Å². The number of carbonyl (C=O) groups is 1. The van der Waals surface area contributed by atoms with E-state index >= 15 is 0 Å². The van der Waals surface area contributed by atoms with Crippen LogP contribution in [0.25, 0.3) is 17.3 Å². The van der Waals surface area contributed by atoms with Gasteiger partial charge in [-0.1, -0.05) is 23.2 Å². The Morgan fingerprint density at radius 1 is 1.21 bits per heavy atom. The van der Waals surface area contributed by atoms with Gasteiger partial charge < -0.3 is 14.8 Å². The number of carbonyl (C=O) groups excluding carboxylic acids is 1. The molecule has 4 rings (SSSR count). The molecule has 1 aliphatic rings. The van der Waals surface area contributed by atoms with Crippen molar-refractivity contribution in [3.63, 3.8) is 0 Å². The summed E-state index contributed by atoms with van der Waals surface area (Å²) < 4.78 is 10.7. The molecule has 0 saturated carbocycles. The molecule has 2 heterocycles. The lowest BCUT2D eigenvalue weighted by atomic mass is 10.1. The molecule has 9 heteroatoms. The summed E-state index contributed by atoms with van der Waals surface area (Å²) in [5.41, 5.74) is 2.16. The highest BCUT2D eigenvalue weighted by Gasteiger charge is 2.17. The van der Waals surface area contributed by atoms with Crippen LogP contribution in [0.1, 0.15) is 5.56 Å². The first kappa shape index (κ1) is 18.9. The molecule has 0 fully saturated rings. The Balaban J connectivity index is 1.63. The number of halogens is 2. The van der Waals surface area contributed by atoms with Gasteiger partial charge >= 0.3 is 0 Å². The number of anilines is 1.